The number of fused-ring (bicyclic) bond motifs is 1. The summed E-state index contributed by atoms with van der Waals surface area (Å²) in [6.45, 7) is 6.06. The van der Waals surface area contributed by atoms with Crippen LogP contribution in [-0.2, 0) is 11.2 Å². The van der Waals surface area contributed by atoms with Crippen LogP contribution in [0.25, 0.3) is 0 Å². The molecule has 27 heavy (non-hydrogen) atoms. The number of carbonyl (C=O) groups is 1. The second kappa shape index (κ2) is 8.21. The molecule has 1 aromatic heterocycles. The molecule has 0 radical (unpaired) electrons. The second-order valence-corrected chi connectivity index (χ2v) is 7.69. The normalized spacial score (nSPS) is 22.0. The van der Waals surface area contributed by atoms with Crippen LogP contribution in [-0.4, -0.2) is 65.9 Å². The number of nitrogens with one attached hydrogen (secondary N) is 1. The molecular weight excluding hydrogens is 342 g/mol. The number of amidine groups is 1. The van der Waals surface area contributed by atoms with Crippen molar-refractivity contribution in [3.8, 4) is 0 Å². The molecule has 0 aromatic carbocycles. The zero-order valence-corrected chi connectivity index (χ0v) is 15.9. The fraction of sp³-hybridized carbons (Fsp3) is 0.684. The summed E-state index contributed by atoms with van der Waals surface area (Å²) < 4.78 is 0. The lowest BCUT2D eigenvalue weighted by Gasteiger charge is -2.34. The average Bonchev–Trinajstić information content (AvgIpc) is 3.21. The number of anilines is 2. The number of aliphatic imine (C=N–C) groups is 1. The highest BCUT2D eigenvalue weighted by molar-refractivity contribution is 5.93. The molecule has 0 unspecified atom stereocenters. The van der Waals surface area contributed by atoms with Crippen molar-refractivity contribution < 1.29 is 4.79 Å². The van der Waals surface area contributed by atoms with Crippen molar-refractivity contribution in [1.29, 1.82) is 0 Å². The van der Waals surface area contributed by atoms with Crippen LogP contribution in [0.15, 0.2) is 11.3 Å². The van der Waals surface area contributed by atoms with E-state index in [0.717, 1.165) is 56.2 Å². The Morgan fingerprint density at radius 2 is 1.96 bits per heavy atom. The van der Waals surface area contributed by atoms with E-state index in [4.69, 9.17) is 5.73 Å². The van der Waals surface area contributed by atoms with Gasteiger partial charge in [0.25, 0.3) is 0 Å². The minimum Gasteiger partial charge on any atom is -0.387 e. The van der Waals surface area contributed by atoms with Crippen molar-refractivity contribution in [2.24, 2.45) is 16.6 Å². The number of carbonyl (C=O) groups excluding carboxylic acids is 1. The number of aromatic nitrogens is 2. The Hall–Kier alpha value is -2.22. The molecule has 3 N–H and O–H groups in total. The number of likely N-dealkylation sites (tertiary alicyclic amines) is 1. The molecule has 1 aromatic rings. The van der Waals surface area contributed by atoms with E-state index >= 15 is 0 Å². The van der Waals surface area contributed by atoms with E-state index in [1.54, 1.807) is 6.33 Å². The van der Waals surface area contributed by atoms with Gasteiger partial charge in [-0.15, -0.1) is 0 Å². The van der Waals surface area contributed by atoms with Gasteiger partial charge in [0, 0.05) is 37.5 Å². The third-order valence-electron chi connectivity index (χ3n) is 5.90. The fourth-order valence-corrected chi connectivity index (χ4v) is 4.29. The van der Waals surface area contributed by atoms with Crippen molar-refractivity contribution in [1.82, 2.24) is 14.9 Å². The van der Waals surface area contributed by atoms with Crippen molar-refractivity contribution >= 4 is 23.4 Å². The maximum absolute atomic E-state index is 11.6. The summed E-state index contributed by atoms with van der Waals surface area (Å²) in [5.74, 6) is 2.83. The zero-order valence-electron chi connectivity index (χ0n) is 15.9. The first-order chi connectivity index (χ1) is 13.2. The Labute approximate surface area is 160 Å². The summed E-state index contributed by atoms with van der Waals surface area (Å²) in [6, 6.07) is 0. The maximum Gasteiger partial charge on any atom is 0.225 e. The Kier molecular flexibility index (Phi) is 5.52. The molecule has 0 bridgehead atoms. The van der Waals surface area contributed by atoms with Gasteiger partial charge in [-0.05, 0) is 45.2 Å². The van der Waals surface area contributed by atoms with Crippen LogP contribution in [0, 0.1) is 5.92 Å². The molecular formula is C19H29N7O. The second-order valence-electron chi connectivity index (χ2n) is 7.69. The lowest BCUT2D eigenvalue weighted by atomic mass is 9.95. The molecule has 8 heteroatoms. The smallest absolute Gasteiger partial charge is 0.225 e. The monoisotopic (exact) mass is 371 g/mol. The molecule has 3 aliphatic heterocycles. The van der Waals surface area contributed by atoms with Gasteiger partial charge in [-0.3, -0.25) is 9.79 Å². The Bertz CT molecular complexity index is 706. The Morgan fingerprint density at radius 1 is 1.19 bits per heavy atom. The fourth-order valence-electron chi connectivity index (χ4n) is 4.29. The van der Waals surface area contributed by atoms with Crippen LogP contribution >= 0.6 is 0 Å². The third kappa shape index (κ3) is 4.21. The molecule has 0 spiro atoms. The molecule has 3 aliphatic rings. The van der Waals surface area contributed by atoms with Gasteiger partial charge in [0.1, 0.15) is 18.0 Å². The van der Waals surface area contributed by atoms with E-state index in [2.05, 4.69) is 30.1 Å². The van der Waals surface area contributed by atoms with Crippen molar-refractivity contribution in [2.45, 2.75) is 38.5 Å². The summed E-state index contributed by atoms with van der Waals surface area (Å²) >= 11 is 0. The van der Waals surface area contributed by atoms with E-state index < -0.39 is 0 Å². The number of nitrogens with two attached hydrogens (primary N) is 1. The molecule has 0 saturated carbocycles. The lowest BCUT2D eigenvalue weighted by Crippen LogP contribution is -2.40. The number of piperidine rings is 1. The molecule has 146 valence electrons. The van der Waals surface area contributed by atoms with Crippen molar-refractivity contribution in [3.63, 3.8) is 0 Å². The van der Waals surface area contributed by atoms with E-state index in [1.165, 1.54) is 25.9 Å². The van der Waals surface area contributed by atoms with Crippen LogP contribution < -0.4 is 16.0 Å². The van der Waals surface area contributed by atoms with Gasteiger partial charge >= 0.3 is 0 Å². The highest BCUT2D eigenvalue weighted by Gasteiger charge is 2.27. The summed E-state index contributed by atoms with van der Waals surface area (Å²) in [7, 11) is 0. The number of amides is 1. The molecule has 0 aliphatic carbocycles. The largest absolute Gasteiger partial charge is 0.387 e. The van der Waals surface area contributed by atoms with E-state index in [1.807, 2.05) is 0 Å². The topological polar surface area (TPSA) is 99.7 Å². The molecule has 0 atom stereocenters. The van der Waals surface area contributed by atoms with Crippen LogP contribution in [0.2, 0.25) is 0 Å². The Balaban J connectivity index is 1.32. The van der Waals surface area contributed by atoms with Crippen LogP contribution in [0.5, 0.6) is 0 Å². The van der Waals surface area contributed by atoms with E-state index in [0.29, 0.717) is 24.6 Å². The van der Waals surface area contributed by atoms with Crippen LogP contribution in [0.4, 0.5) is 11.6 Å². The predicted octanol–water partition coefficient (Wildman–Crippen LogP) is 1.03. The van der Waals surface area contributed by atoms with Gasteiger partial charge in [0.05, 0.1) is 12.4 Å². The quantitative estimate of drug-likeness (QED) is 0.592. The average molecular weight is 371 g/mol. The molecule has 1 amide bonds. The first-order valence-corrected chi connectivity index (χ1v) is 10.1. The van der Waals surface area contributed by atoms with Crippen LogP contribution in [0.3, 0.4) is 0 Å². The molecule has 2 fully saturated rings. The van der Waals surface area contributed by atoms with E-state index in [9.17, 15) is 4.79 Å². The third-order valence-corrected chi connectivity index (χ3v) is 5.90. The van der Waals surface area contributed by atoms with Gasteiger partial charge in [0.15, 0.2) is 0 Å². The molecule has 2 saturated heterocycles. The van der Waals surface area contributed by atoms with Gasteiger partial charge in [-0.1, -0.05) is 0 Å². The highest BCUT2D eigenvalue weighted by atomic mass is 16.1. The number of rotatable bonds is 5. The molecule has 4 heterocycles. The standard InChI is InChI=1S/C19H29N7O/c20-17(21-7-12-25-8-1-2-9-25)14-5-10-26(11-6-14)19-15-3-4-16(27)24-18(15)22-13-23-19/h13-14H,1-12H2,(H2,20,21)(H,22,23,24,27). The summed E-state index contributed by atoms with van der Waals surface area (Å²) in [5.41, 5.74) is 7.34. The van der Waals surface area contributed by atoms with Gasteiger partial charge < -0.3 is 20.9 Å². The number of hydrogen-bond donors (Lipinski definition) is 2. The van der Waals surface area contributed by atoms with Crippen molar-refractivity contribution in [3.05, 3.63) is 11.9 Å². The van der Waals surface area contributed by atoms with E-state index in [-0.39, 0.29) is 5.91 Å². The number of nitrogens with zero attached hydrogens (tertiary/aromatic N) is 5. The SMILES string of the molecule is NC(=NCCN1CCCC1)C1CCN(c2ncnc3c2CCC(=O)N3)CC1. The Morgan fingerprint density at radius 3 is 2.74 bits per heavy atom. The minimum absolute atomic E-state index is 0.0313. The number of hydrogen-bond acceptors (Lipinski definition) is 6. The first kappa shape index (κ1) is 18.2. The van der Waals surface area contributed by atoms with Gasteiger partial charge in [-0.2, -0.15) is 0 Å². The maximum atomic E-state index is 11.6. The predicted molar refractivity (Wildman–Crippen MR) is 106 cm³/mol. The zero-order chi connectivity index (χ0) is 18.6. The first-order valence-electron chi connectivity index (χ1n) is 10.1. The van der Waals surface area contributed by atoms with Gasteiger partial charge in [-0.25, -0.2) is 9.97 Å². The van der Waals surface area contributed by atoms with Crippen LogP contribution in [0.1, 0.15) is 37.7 Å². The van der Waals surface area contributed by atoms with Gasteiger partial charge in [0.2, 0.25) is 5.91 Å². The summed E-state index contributed by atoms with van der Waals surface area (Å²) in [6.07, 6.45) is 7.36. The summed E-state index contributed by atoms with van der Waals surface area (Å²) in [4.78, 5) is 29.7. The minimum atomic E-state index is 0.0313. The highest BCUT2D eigenvalue weighted by Crippen LogP contribution is 2.30. The summed E-state index contributed by atoms with van der Waals surface area (Å²) in [5, 5.41) is 2.85. The van der Waals surface area contributed by atoms with Crippen molar-refractivity contribution in [2.75, 3.05) is 49.5 Å². The molecule has 8 nitrogen and oxygen atoms in total. The lowest BCUT2D eigenvalue weighted by molar-refractivity contribution is -0.116. The molecule has 4 rings (SSSR count).